The van der Waals surface area contributed by atoms with Crippen molar-refractivity contribution < 1.29 is 29.6 Å². The van der Waals surface area contributed by atoms with Crippen molar-refractivity contribution in [3.63, 3.8) is 0 Å². The van der Waals surface area contributed by atoms with Crippen molar-refractivity contribution in [2.45, 2.75) is 44.2 Å². The van der Waals surface area contributed by atoms with E-state index in [0.29, 0.717) is 23.6 Å². The van der Waals surface area contributed by atoms with Gasteiger partial charge in [-0.15, -0.1) is 0 Å². The Kier molecular flexibility index (Phi) is 6.57. The molecule has 0 amide bonds. The number of aliphatic carboxylic acids is 1. The minimum atomic E-state index is -1.47. The molecule has 0 unspecified atom stereocenters. The van der Waals surface area contributed by atoms with Crippen LogP contribution in [0.3, 0.4) is 0 Å². The van der Waals surface area contributed by atoms with Gasteiger partial charge in [0.25, 0.3) is 0 Å². The molecule has 150 valence electrons. The average molecular weight is 407 g/mol. The van der Waals surface area contributed by atoms with Gasteiger partial charge in [-0.2, -0.15) is 0 Å². The monoisotopic (exact) mass is 406 g/mol. The maximum atomic E-state index is 11.3. The lowest BCUT2D eigenvalue weighted by molar-refractivity contribution is -0.194. The number of rotatable bonds is 6. The second-order valence-electron chi connectivity index (χ2n) is 6.78. The first-order valence-corrected chi connectivity index (χ1v) is 9.51. The zero-order chi connectivity index (χ0) is 20.3. The lowest BCUT2D eigenvalue weighted by atomic mass is 9.92. The first kappa shape index (κ1) is 20.6. The van der Waals surface area contributed by atoms with E-state index in [-0.39, 0.29) is 6.42 Å². The van der Waals surface area contributed by atoms with Crippen LogP contribution < -0.4 is 4.74 Å². The third kappa shape index (κ3) is 4.64. The molecular formula is C21H23ClO6. The van der Waals surface area contributed by atoms with Gasteiger partial charge in [-0.25, -0.2) is 4.79 Å². The molecule has 0 saturated carbocycles. The van der Waals surface area contributed by atoms with Crippen molar-refractivity contribution in [2.24, 2.45) is 0 Å². The van der Waals surface area contributed by atoms with E-state index in [2.05, 4.69) is 0 Å². The summed E-state index contributed by atoms with van der Waals surface area (Å²) in [5.74, 6) is -0.506. The Morgan fingerprint density at radius 1 is 1.21 bits per heavy atom. The number of carboxylic acids is 1. The largest absolute Gasteiger partial charge is 0.494 e. The van der Waals surface area contributed by atoms with Crippen LogP contribution in [0.5, 0.6) is 5.75 Å². The molecule has 2 aromatic rings. The van der Waals surface area contributed by atoms with Crippen molar-refractivity contribution in [3.8, 4) is 5.75 Å². The number of ether oxygens (including phenoxy) is 2. The molecule has 3 N–H and O–H groups in total. The summed E-state index contributed by atoms with van der Waals surface area (Å²) < 4.78 is 11.0. The predicted octanol–water partition coefficient (Wildman–Crippen LogP) is 2.97. The average Bonchev–Trinajstić information content (AvgIpc) is 2.67. The third-order valence-corrected chi connectivity index (χ3v) is 5.15. The van der Waals surface area contributed by atoms with E-state index >= 15 is 0 Å². The summed E-state index contributed by atoms with van der Waals surface area (Å²) >= 11 is 6.35. The lowest BCUT2D eigenvalue weighted by Gasteiger charge is -2.35. The predicted molar refractivity (Wildman–Crippen MR) is 104 cm³/mol. The van der Waals surface area contributed by atoms with E-state index < -0.39 is 30.4 Å². The van der Waals surface area contributed by atoms with Crippen LogP contribution in [0.25, 0.3) is 0 Å². The highest BCUT2D eigenvalue weighted by Gasteiger charge is 2.41. The molecule has 0 aliphatic carbocycles. The number of hydrogen-bond acceptors (Lipinski definition) is 5. The van der Waals surface area contributed by atoms with Crippen molar-refractivity contribution in [2.75, 3.05) is 6.61 Å². The van der Waals surface area contributed by atoms with Crippen molar-refractivity contribution in [1.82, 2.24) is 0 Å². The van der Waals surface area contributed by atoms with Crippen LogP contribution in [0.15, 0.2) is 42.5 Å². The first-order chi connectivity index (χ1) is 13.4. The van der Waals surface area contributed by atoms with Crippen molar-refractivity contribution in [1.29, 1.82) is 0 Å². The Morgan fingerprint density at radius 3 is 2.57 bits per heavy atom. The summed E-state index contributed by atoms with van der Waals surface area (Å²) in [6.45, 7) is 2.53. The second-order valence-corrected chi connectivity index (χ2v) is 7.19. The lowest BCUT2D eigenvalue weighted by Crippen LogP contribution is -2.49. The molecular weight excluding hydrogens is 384 g/mol. The number of benzene rings is 2. The van der Waals surface area contributed by atoms with Gasteiger partial charge in [0, 0.05) is 11.4 Å². The fourth-order valence-electron chi connectivity index (χ4n) is 3.31. The fraction of sp³-hybridized carbons (Fsp3) is 0.381. The van der Waals surface area contributed by atoms with Gasteiger partial charge in [-0.3, -0.25) is 0 Å². The number of aliphatic hydroxyl groups is 2. The van der Waals surface area contributed by atoms with E-state index in [1.165, 1.54) is 0 Å². The molecule has 0 spiro atoms. The normalized spacial score (nSPS) is 24.7. The molecule has 1 heterocycles. The van der Waals surface area contributed by atoms with Gasteiger partial charge in [0.1, 0.15) is 11.9 Å². The van der Waals surface area contributed by atoms with Crippen LogP contribution in [0.2, 0.25) is 5.02 Å². The molecule has 0 bridgehead atoms. The SMILES string of the molecule is CCOc1ccc(Cc2cc([C@H]3C[C@@H](O)[C@H](O)[C@@H](C(=O)O)O3)ccc2Cl)cc1. The highest BCUT2D eigenvalue weighted by Crippen LogP contribution is 2.34. The maximum Gasteiger partial charge on any atom is 0.335 e. The molecule has 1 fully saturated rings. The van der Waals surface area contributed by atoms with E-state index in [1.807, 2.05) is 37.3 Å². The smallest absolute Gasteiger partial charge is 0.335 e. The van der Waals surface area contributed by atoms with E-state index in [0.717, 1.165) is 16.9 Å². The summed E-state index contributed by atoms with van der Waals surface area (Å²) in [5.41, 5.74) is 2.62. The van der Waals surface area contributed by atoms with Crippen LogP contribution in [0.4, 0.5) is 0 Å². The summed E-state index contributed by atoms with van der Waals surface area (Å²) in [7, 11) is 0. The highest BCUT2D eigenvalue weighted by molar-refractivity contribution is 6.31. The molecule has 4 atom stereocenters. The Hall–Kier alpha value is -2.12. The van der Waals surface area contributed by atoms with Gasteiger partial charge in [-0.1, -0.05) is 35.9 Å². The maximum absolute atomic E-state index is 11.3. The van der Waals surface area contributed by atoms with Crippen LogP contribution in [0, 0.1) is 0 Å². The quantitative estimate of drug-likeness (QED) is 0.682. The molecule has 3 rings (SSSR count). The topological polar surface area (TPSA) is 96.2 Å². The molecule has 1 aliphatic heterocycles. The number of carbonyl (C=O) groups is 1. The standard InChI is InChI=1S/C21H23ClO6/c1-2-27-15-6-3-12(4-7-15)9-14-10-13(5-8-16(14)22)18-11-17(23)19(24)20(28-18)21(25)26/h3-8,10,17-20,23-24H,2,9,11H2,1H3,(H,25,26)/t17-,18-,19+,20+/m1/s1. The second kappa shape index (κ2) is 8.92. The van der Waals surface area contributed by atoms with Gasteiger partial charge in [-0.05, 0) is 48.2 Å². The Labute approximate surface area is 168 Å². The van der Waals surface area contributed by atoms with Crippen LogP contribution >= 0.6 is 11.6 Å². The van der Waals surface area contributed by atoms with Gasteiger partial charge in [0.2, 0.25) is 0 Å². The van der Waals surface area contributed by atoms with E-state index in [4.69, 9.17) is 21.1 Å². The summed E-state index contributed by atoms with van der Waals surface area (Å²) in [6, 6.07) is 13.1. The number of hydrogen-bond donors (Lipinski definition) is 3. The molecule has 2 aromatic carbocycles. The van der Waals surface area contributed by atoms with Gasteiger partial charge in [0.15, 0.2) is 6.10 Å². The zero-order valence-corrected chi connectivity index (χ0v) is 16.2. The highest BCUT2D eigenvalue weighted by atomic mass is 35.5. The van der Waals surface area contributed by atoms with Crippen LogP contribution in [-0.4, -0.2) is 46.2 Å². The molecule has 0 aromatic heterocycles. The Balaban J connectivity index is 1.80. The molecule has 1 saturated heterocycles. The fourth-order valence-corrected chi connectivity index (χ4v) is 3.50. The van der Waals surface area contributed by atoms with E-state index in [9.17, 15) is 20.1 Å². The van der Waals surface area contributed by atoms with Gasteiger partial charge < -0.3 is 24.8 Å². The van der Waals surface area contributed by atoms with E-state index in [1.54, 1.807) is 12.1 Å². The molecule has 28 heavy (non-hydrogen) atoms. The minimum absolute atomic E-state index is 0.106. The molecule has 1 aliphatic rings. The number of aliphatic hydroxyl groups excluding tert-OH is 2. The summed E-state index contributed by atoms with van der Waals surface area (Å²) in [5, 5.41) is 29.7. The molecule has 0 radical (unpaired) electrons. The Morgan fingerprint density at radius 2 is 1.93 bits per heavy atom. The number of halogens is 1. The zero-order valence-electron chi connectivity index (χ0n) is 15.4. The Bertz CT molecular complexity index is 822. The van der Waals surface area contributed by atoms with Crippen molar-refractivity contribution >= 4 is 17.6 Å². The first-order valence-electron chi connectivity index (χ1n) is 9.13. The van der Waals surface area contributed by atoms with Crippen molar-refractivity contribution in [3.05, 3.63) is 64.2 Å². The van der Waals surface area contributed by atoms with Crippen LogP contribution in [-0.2, 0) is 16.0 Å². The van der Waals surface area contributed by atoms with Gasteiger partial charge in [0.05, 0.1) is 18.8 Å². The molecule has 6 nitrogen and oxygen atoms in total. The molecule has 7 heteroatoms. The third-order valence-electron chi connectivity index (χ3n) is 4.78. The number of carboxylic acid groups (broad SMARTS) is 1. The van der Waals surface area contributed by atoms with Crippen LogP contribution in [0.1, 0.15) is 36.1 Å². The summed E-state index contributed by atoms with van der Waals surface area (Å²) in [4.78, 5) is 11.3. The van der Waals surface area contributed by atoms with Gasteiger partial charge >= 0.3 is 5.97 Å². The summed E-state index contributed by atoms with van der Waals surface area (Å²) in [6.07, 6.45) is -4.06. The minimum Gasteiger partial charge on any atom is -0.494 e.